The lowest BCUT2D eigenvalue weighted by atomic mass is 10.2. The van der Waals surface area contributed by atoms with Gasteiger partial charge in [-0.3, -0.25) is 14.8 Å². The predicted octanol–water partition coefficient (Wildman–Crippen LogP) is 3.67. The molecule has 3 rings (SSSR count). The quantitative estimate of drug-likeness (QED) is 0.386. The minimum absolute atomic E-state index is 0.234. The number of hydrogen-bond acceptors (Lipinski definition) is 4. The summed E-state index contributed by atoms with van der Waals surface area (Å²) >= 11 is 1.27. The van der Waals surface area contributed by atoms with Gasteiger partial charge in [0.15, 0.2) is 0 Å². The standard InChI is InChI=1S/C18H14N2O3S/c21-17(9-6-12-4-2-1-3-5-12)19-14-7-8-15-13(10-14)11-16(24-15)18(22)20-23/h1-11,23H,(H,19,21)(H,20,22). The average Bonchev–Trinajstić information content (AvgIpc) is 3.03. The lowest BCUT2D eigenvalue weighted by Gasteiger charge is -2.02. The first-order chi connectivity index (χ1) is 11.7. The summed E-state index contributed by atoms with van der Waals surface area (Å²) in [6, 6.07) is 16.6. The van der Waals surface area contributed by atoms with Crippen molar-refractivity contribution in [1.29, 1.82) is 0 Å². The van der Waals surface area contributed by atoms with Crippen LogP contribution in [0.25, 0.3) is 16.2 Å². The number of fused-ring (bicyclic) bond motifs is 1. The third kappa shape index (κ3) is 3.68. The summed E-state index contributed by atoms with van der Waals surface area (Å²) in [5.74, 6) is -0.783. The number of hydrogen-bond donors (Lipinski definition) is 3. The van der Waals surface area contributed by atoms with Gasteiger partial charge in [0.2, 0.25) is 5.91 Å². The van der Waals surface area contributed by atoms with E-state index in [1.807, 2.05) is 36.4 Å². The maximum absolute atomic E-state index is 12.0. The average molecular weight is 338 g/mol. The fourth-order valence-electron chi connectivity index (χ4n) is 2.21. The molecule has 0 spiro atoms. The van der Waals surface area contributed by atoms with E-state index in [2.05, 4.69) is 5.32 Å². The van der Waals surface area contributed by atoms with E-state index in [-0.39, 0.29) is 5.91 Å². The Morgan fingerprint density at radius 2 is 1.83 bits per heavy atom. The van der Waals surface area contributed by atoms with Crippen molar-refractivity contribution in [3.63, 3.8) is 0 Å². The van der Waals surface area contributed by atoms with Gasteiger partial charge < -0.3 is 5.32 Å². The zero-order valence-electron chi connectivity index (χ0n) is 12.5. The number of rotatable bonds is 4. The number of anilines is 1. The summed E-state index contributed by atoms with van der Waals surface area (Å²) in [6.45, 7) is 0. The van der Waals surface area contributed by atoms with Crippen LogP contribution in [0.15, 0.2) is 60.7 Å². The van der Waals surface area contributed by atoms with Crippen molar-refractivity contribution >= 4 is 45.0 Å². The minimum Gasteiger partial charge on any atom is -0.322 e. The highest BCUT2D eigenvalue weighted by atomic mass is 32.1. The Morgan fingerprint density at radius 3 is 2.58 bits per heavy atom. The van der Waals surface area contributed by atoms with E-state index in [1.54, 1.807) is 29.8 Å². The van der Waals surface area contributed by atoms with Gasteiger partial charge in [-0.1, -0.05) is 30.3 Å². The Balaban J connectivity index is 1.74. The molecule has 6 heteroatoms. The van der Waals surface area contributed by atoms with Gasteiger partial charge in [-0.15, -0.1) is 11.3 Å². The maximum atomic E-state index is 12.0. The predicted molar refractivity (Wildman–Crippen MR) is 95.2 cm³/mol. The zero-order valence-corrected chi connectivity index (χ0v) is 13.3. The topological polar surface area (TPSA) is 78.4 Å². The van der Waals surface area contributed by atoms with Crippen molar-refractivity contribution in [1.82, 2.24) is 5.48 Å². The van der Waals surface area contributed by atoms with E-state index >= 15 is 0 Å². The SMILES string of the molecule is O=C(C=Cc1ccccc1)Nc1ccc2sc(C(=O)NO)cc2c1. The lowest BCUT2D eigenvalue weighted by molar-refractivity contribution is -0.111. The second-order valence-electron chi connectivity index (χ2n) is 5.04. The van der Waals surface area contributed by atoms with Crippen LogP contribution in [0.3, 0.4) is 0 Å². The summed E-state index contributed by atoms with van der Waals surface area (Å²) in [4.78, 5) is 23.8. The Labute approximate surface area is 142 Å². The van der Waals surface area contributed by atoms with Crippen molar-refractivity contribution in [3.05, 3.63) is 71.1 Å². The molecule has 0 unspecified atom stereocenters. The van der Waals surface area contributed by atoms with Gasteiger partial charge >= 0.3 is 0 Å². The molecular formula is C18H14N2O3S. The van der Waals surface area contributed by atoms with Crippen LogP contribution in [-0.4, -0.2) is 17.0 Å². The minimum atomic E-state index is -0.549. The smallest absolute Gasteiger partial charge is 0.284 e. The molecule has 0 fully saturated rings. The van der Waals surface area contributed by atoms with Gasteiger partial charge in [-0.05, 0) is 41.3 Å². The van der Waals surface area contributed by atoms with Gasteiger partial charge in [-0.25, -0.2) is 5.48 Å². The largest absolute Gasteiger partial charge is 0.322 e. The van der Waals surface area contributed by atoms with Crippen LogP contribution in [0.4, 0.5) is 5.69 Å². The number of nitrogens with one attached hydrogen (secondary N) is 2. The normalized spacial score (nSPS) is 10.9. The van der Waals surface area contributed by atoms with Crippen LogP contribution in [0.2, 0.25) is 0 Å². The molecule has 3 N–H and O–H groups in total. The molecule has 2 amide bonds. The van der Waals surface area contributed by atoms with Crippen LogP contribution in [0, 0.1) is 0 Å². The van der Waals surface area contributed by atoms with Gasteiger partial charge in [0.1, 0.15) is 0 Å². The number of amides is 2. The fraction of sp³-hybridized carbons (Fsp3) is 0. The molecule has 24 heavy (non-hydrogen) atoms. The van der Waals surface area contributed by atoms with Gasteiger partial charge in [-0.2, -0.15) is 0 Å². The first-order valence-corrected chi connectivity index (χ1v) is 7.99. The van der Waals surface area contributed by atoms with Crippen molar-refractivity contribution in [3.8, 4) is 0 Å². The van der Waals surface area contributed by atoms with Crippen molar-refractivity contribution < 1.29 is 14.8 Å². The zero-order chi connectivity index (χ0) is 16.9. The van der Waals surface area contributed by atoms with Crippen LogP contribution in [0.1, 0.15) is 15.2 Å². The van der Waals surface area contributed by atoms with Crippen LogP contribution in [0.5, 0.6) is 0 Å². The Kier molecular flexibility index (Phi) is 4.69. The molecule has 0 aliphatic rings. The van der Waals surface area contributed by atoms with E-state index < -0.39 is 5.91 Å². The first-order valence-electron chi connectivity index (χ1n) is 7.18. The summed E-state index contributed by atoms with van der Waals surface area (Å²) < 4.78 is 0.895. The number of carbonyl (C=O) groups is 2. The van der Waals surface area contributed by atoms with Gasteiger partial charge in [0, 0.05) is 16.5 Å². The molecule has 0 atom stereocenters. The number of carbonyl (C=O) groups excluding carboxylic acids is 2. The molecule has 0 bridgehead atoms. The van der Waals surface area contributed by atoms with Gasteiger partial charge in [0.25, 0.3) is 5.91 Å². The molecule has 1 heterocycles. The van der Waals surface area contributed by atoms with E-state index in [0.29, 0.717) is 10.6 Å². The van der Waals surface area contributed by atoms with E-state index in [9.17, 15) is 9.59 Å². The van der Waals surface area contributed by atoms with E-state index in [1.165, 1.54) is 17.4 Å². The molecule has 120 valence electrons. The van der Waals surface area contributed by atoms with Crippen LogP contribution >= 0.6 is 11.3 Å². The molecule has 0 saturated heterocycles. The highest BCUT2D eigenvalue weighted by Gasteiger charge is 2.10. The lowest BCUT2D eigenvalue weighted by Crippen LogP contribution is -2.16. The molecule has 3 aromatic rings. The van der Waals surface area contributed by atoms with Crippen LogP contribution in [-0.2, 0) is 4.79 Å². The second-order valence-corrected chi connectivity index (χ2v) is 6.12. The fourth-order valence-corrected chi connectivity index (χ4v) is 3.14. The summed E-state index contributed by atoms with van der Waals surface area (Å²) in [5.41, 5.74) is 3.20. The molecule has 0 aliphatic carbocycles. The second kappa shape index (κ2) is 7.08. The summed E-state index contributed by atoms with van der Waals surface area (Å²) in [6.07, 6.45) is 3.21. The van der Waals surface area contributed by atoms with E-state index in [4.69, 9.17) is 5.21 Å². The molecule has 0 saturated carbocycles. The Morgan fingerprint density at radius 1 is 1.04 bits per heavy atom. The molecule has 0 radical (unpaired) electrons. The molecule has 0 aliphatic heterocycles. The highest BCUT2D eigenvalue weighted by Crippen LogP contribution is 2.28. The monoisotopic (exact) mass is 338 g/mol. The molecule has 5 nitrogen and oxygen atoms in total. The van der Waals surface area contributed by atoms with Crippen LogP contribution < -0.4 is 10.8 Å². The highest BCUT2D eigenvalue weighted by molar-refractivity contribution is 7.20. The maximum Gasteiger partial charge on any atom is 0.284 e. The molecule has 1 aromatic heterocycles. The summed E-state index contributed by atoms with van der Waals surface area (Å²) in [7, 11) is 0. The third-order valence-corrected chi connectivity index (χ3v) is 4.45. The Bertz CT molecular complexity index is 916. The van der Waals surface area contributed by atoms with Crippen molar-refractivity contribution in [2.75, 3.05) is 5.32 Å². The number of benzene rings is 2. The third-order valence-electron chi connectivity index (χ3n) is 3.34. The Hall–Kier alpha value is -2.96. The van der Waals surface area contributed by atoms with Crippen molar-refractivity contribution in [2.24, 2.45) is 0 Å². The number of thiophene rings is 1. The molecular weight excluding hydrogens is 324 g/mol. The van der Waals surface area contributed by atoms with Crippen molar-refractivity contribution in [2.45, 2.75) is 0 Å². The number of hydroxylamine groups is 1. The van der Waals surface area contributed by atoms with Gasteiger partial charge in [0.05, 0.1) is 4.88 Å². The molecule has 2 aromatic carbocycles. The van der Waals surface area contributed by atoms with E-state index in [0.717, 1.165) is 15.6 Å². The first kappa shape index (κ1) is 15.9. The summed E-state index contributed by atoms with van der Waals surface area (Å²) in [5, 5.41) is 12.3.